The SMILES string of the molecule is C[C@H](C(=O)N1CC(=O)Nc2ccccc21)[NH+](C)Cc1ccccc1F. The molecule has 6 heteroatoms. The predicted octanol–water partition coefficient (Wildman–Crippen LogP) is 1.21. The maximum Gasteiger partial charge on any atom is 0.285 e. The summed E-state index contributed by atoms with van der Waals surface area (Å²) < 4.78 is 13.9. The van der Waals surface area contributed by atoms with Crippen LogP contribution in [0.1, 0.15) is 12.5 Å². The molecule has 25 heavy (non-hydrogen) atoms. The van der Waals surface area contributed by atoms with Gasteiger partial charge in [-0.2, -0.15) is 0 Å². The molecule has 2 amide bonds. The standard InChI is InChI=1S/C19H20FN3O2/c1-13(22(2)11-14-7-3-4-8-15(14)20)19(25)23-12-18(24)21-16-9-5-6-10-17(16)23/h3-10,13H,11-12H2,1-2H3,(H,21,24)/p+1/t13-/m1/s1. The van der Waals surface area contributed by atoms with E-state index >= 15 is 0 Å². The highest BCUT2D eigenvalue weighted by Crippen LogP contribution is 2.29. The molecule has 1 heterocycles. The zero-order valence-electron chi connectivity index (χ0n) is 14.3. The summed E-state index contributed by atoms with van der Waals surface area (Å²) in [4.78, 5) is 27.2. The molecule has 130 valence electrons. The van der Waals surface area contributed by atoms with Crippen LogP contribution in [0, 0.1) is 5.82 Å². The van der Waals surface area contributed by atoms with Gasteiger partial charge in [0.1, 0.15) is 18.9 Å². The van der Waals surface area contributed by atoms with E-state index in [9.17, 15) is 14.0 Å². The second kappa shape index (κ2) is 7.03. The van der Waals surface area contributed by atoms with Crippen LogP contribution in [0.3, 0.4) is 0 Å². The van der Waals surface area contributed by atoms with E-state index in [0.29, 0.717) is 23.5 Å². The van der Waals surface area contributed by atoms with Gasteiger partial charge in [0.15, 0.2) is 6.04 Å². The van der Waals surface area contributed by atoms with Gasteiger partial charge >= 0.3 is 0 Å². The molecule has 0 spiro atoms. The van der Waals surface area contributed by atoms with E-state index in [1.807, 2.05) is 25.2 Å². The number of carbonyl (C=O) groups excluding carboxylic acids is 2. The van der Waals surface area contributed by atoms with Crippen LogP contribution in [0.15, 0.2) is 48.5 Å². The van der Waals surface area contributed by atoms with Crippen LogP contribution in [0.25, 0.3) is 0 Å². The number of quaternary nitrogens is 1. The number of nitrogens with zero attached hydrogens (tertiary/aromatic N) is 1. The number of amides is 2. The Labute approximate surface area is 146 Å². The van der Waals surface area contributed by atoms with E-state index in [1.54, 1.807) is 31.2 Å². The number of carbonyl (C=O) groups is 2. The van der Waals surface area contributed by atoms with Crippen LogP contribution in [-0.4, -0.2) is 31.4 Å². The third kappa shape index (κ3) is 3.53. The molecule has 5 nitrogen and oxygen atoms in total. The van der Waals surface area contributed by atoms with Gasteiger partial charge in [0.05, 0.1) is 18.4 Å². The van der Waals surface area contributed by atoms with Gasteiger partial charge in [-0.1, -0.05) is 30.3 Å². The highest BCUT2D eigenvalue weighted by atomic mass is 19.1. The van der Waals surface area contributed by atoms with Crippen LogP contribution in [-0.2, 0) is 16.1 Å². The number of para-hydroxylation sites is 2. The first-order valence-electron chi connectivity index (χ1n) is 8.23. The fraction of sp³-hybridized carbons (Fsp3) is 0.263. The third-order valence-electron chi connectivity index (χ3n) is 4.57. The summed E-state index contributed by atoms with van der Waals surface area (Å²) in [7, 11) is 1.85. The molecule has 0 radical (unpaired) electrons. The lowest BCUT2D eigenvalue weighted by atomic mass is 10.1. The minimum absolute atomic E-state index is 0.00678. The van der Waals surface area contributed by atoms with E-state index in [-0.39, 0.29) is 24.2 Å². The summed E-state index contributed by atoms with van der Waals surface area (Å²) in [6.07, 6.45) is 0. The Morgan fingerprint density at radius 1 is 1.24 bits per heavy atom. The number of hydrogen-bond acceptors (Lipinski definition) is 2. The third-order valence-corrected chi connectivity index (χ3v) is 4.57. The predicted molar refractivity (Wildman–Crippen MR) is 93.9 cm³/mol. The van der Waals surface area contributed by atoms with Crippen LogP contribution in [0.5, 0.6) is 0 Å². The van der Waals surface area contributed by atoms with Crippen molar-refractivity contribution in [2.45, 2.75) is 19.5 Å². The molecule has 1 aliphatic rings. The molecule has 2 N–H and O–H groups in total. The van der Waals surface area contributed by atoms with Crippen LogP contribution in [0.2, 0.25) is 0 Å². The van der Waals surface area contributed by atoms with Crippen molar-refractivity contribution in [3.05, 3.63) is 59.9 Å². The number of benzene rings is 2. The van der Waals surface area contributed by atoms with Crippen molar-refractivity contribution in [2.24, 2.45) is 0 Å². The minimum atomic E-state index is -0.418. The van der Waals surface area contributed by atoms with Gasteiger partial charge in [-0.3, -0.25) is 14.5 Å². The molecule has 1 unspecified atom stereocenters. The molecule has 0 saturated carbocycles. The Kier molecular flexibility index (Phi) is 4.81. The number of likely N-dealkylation sites (N-methyl/N-ethyl adjacent to an activating group) is 1. The fourth-order valence-electron chi connectivity index (χ4n) is 2.97. The number of rotatable bonds is 4. The second-order valence-corrected chi connectivity index (χ2v) is 6.33. The maximum atomic E-state index is 13.9. The fourth-order valence-corrected chi connectivity index (χ4v) is 2.97. The van der Waals surface area contributed by atoms with Gasteiger partial charge in [-0.15, -0.1) is 0 Å². The van der Waals surface area contributed by atoms with Crippen LogP contribution >= 0.6 is 0 Å². The highest BCUT2D eigenvalue weighted by molar-refractivity contribution is 6.10. The number of anilines is 2. The van der Waals surface area contributed by atoms with E-state index in [0.717, 1.165) is 4.90 Å². The van der Waals surface area contributed by atoms with Crippen molar-refractivity contribution in [1.29, 1.82) is 0 Å². The van der Waals surface area contributed by atoms with Gasteiger partial charge in [-0.05, 0) is 25.1 Å². The largest absolute Gasteiger partial charge is 0.324 e. The smallest absolute Gasteiger partial charge is 0.285 e. The summed E-state index contributed by atoms with van der Waals surface area (Å²) in [5.41, 5.74) is 1.89. The molecular formula is C19H21FN3O2+. The Morgan fingerprint density at radius 3 is 2.68 bits per heavy atom. The zero-order chi connectivity index (χ0) is 18.0. The van der Waals surface area contributed by atoms with Crippen molar-refractivity contribution in [2.75, 3.05) is 23.8 Å². The van der Waals surface area contributed by atoms with Gasteiger partial charge in [0.25, 0.3) is 5.91 Å². The lowest BCUT2D eigenvalue weighted by Gasteiger charge is -2.32. The lowest BCUT2D eigenvalue weighted by Crippen LogP contribution is -3.12. The molecule has 2 aromatic rings. The molecular weight excluding hydrogens is 321 g/mol. The Balaban J connectivity index is 1.78. The first-order chi connectivity index (χ1) is 12.0. The molecule has 2 aromatic carbocycles. The zero-order valence-corrected chi connectivity index (χ0v) is 14.3. The van der Waals surface area contributed by atoms with Gasteiger partial charge in [0.2, 0.25) is 5.91 Å². The Bertz CT molecular complexity index is 809. The van der Waals surface area contributed by atoms with Crippen LogP contribution in [0.4, 0.5) is 15.8 Å². The van der Waals surface area contributed by atoms with E-state index in [1.165, 1.54) is 11.0 Å². The monoisotopic (exact) mass is 342 g/mol. The lowest BCUT2D eigenvalue weighted by molar-refractivity contribution is -0.908. The molecule has 2 atom stereocenters. The molecule has 0 aliphatic carbocycles. The van der Waals surface area contributed by atoms with Gasteiger partial charge in [-0.25, -0.2) is 4.39 Å². The quantitative estimate of drug-likeness (QED) is 0.878. The van der Waals surface area contributed by atoms with Gasteiger partial charge < -0.3 is 10.2 Å². The van der Waals surface area contributed by atoms with Crippen molar-refractivity contribution >= 4 is 23.2 Å². The summed E-state index contributed by atoms with van der Waals surface area (Å²) in [6, 6.07) is 13.4. The van der Waals surface area contributed by atoms with E-state index in [2.05, 4.69) is 5.32 Å². The minimum Gasteiger partial charge on any atom is -0.324 e. The Morgan fingerprint density at radius 2 is 1.92 bits per heavy atom. The molecule has 0 saturated heterocycles. The normalized spacial score (nSPS) is 16.0. The molecule has 0 bridgehead atoms. The first kappa shape index (κ1) is 17.1. The average Bonchev–Trinajstić information content (AvgIpc) is 2.61. The number of fused-ring (bicyclic) bond motifs is 1. The Hall–Kier alpha value is -2.73. The molecule has 3 rings (SSSR count). The number of nitrogens with one attached hydrogen (secondary N) is 2. The topological polar surface area (TPSA) is 53.9 Å². The van der Waals surface area contributed by atoms with Crippen molar-refractivity contribution in [3.8, 4) is 0 Å². The van der Waals surface area contributed by atoms with Gasteiger partial charge in [0, 0.05) is 5.56 Å². The number of halogens is 1. The average molecular weight is 342 g/mol. The van der Waals surface area contributed by atoms with E-state index < -0.39 is 6.04 Å². The number of hydrogen-bond donors (Lipinski definition) is 2. The summed E-state index contributed by atoms with van der Waals surface area (Å²) >= 11 is 0. The van der Waals surface area contributed by atoms with Crippen LogP contribution < -0.4 is 15.1 Å². The summed E-state index contributed by atoms with van der Waals surface area (Å²) in [6.45, 7) is 2.18. The molecule has 0 fully saturated rings. The van der Waals surface area contributed by atoms with Crippen molar-refractivity contribution < 1.29 is 18.9 Å². The maximum absolute atomic E-state index is 13.9. The summed E-state index contributed by atoms with van der Waals surface area (Å²) in [5, 5.41) is 2.77. The highest BCUT2D eigenvalue weighted by Gasteiger charge is 2.33. The van der Waals surface area contributed by atoms with Crippen molar-refractivity contribution in [1.82, 2.24) is 0 Å². The summed E-state index contributed by atoms with van der Waals surface area (Å²) in [5.74, 6) is -0.647. The molecule has 0 aromatic heterocycles. The molecule has 1 aliphatic heterocycles. The first-order valence-corrected chi connectivity index (χ1v) is 8.23. The van der Waals surface area contributed by atoms with E-state index in [4.69, 9.17) is 0 Å². The second-order valence-electron chi connectivity index (χ2n) is 6.33. The van der Waals surface area contributed by atoms with Crippen molar-refractivity contribution in [3.63, 3.8) is 0 Å².